The van der Waals surface area contributed by atoms with Crippen LogP contribution in [-0.4, -0.2) is 19.9 Å². The highest BCUT2D eigenvalue weighted by Crippen LogP contribution is 2.27. The topological polar surface area (TPSA) is 71.1 Å². The number of aromatic nitrogens is 1. The highest BCUT2D eigenvalue weighted by molar-refractivity contribution is 9.10. The van der Waals surface area contributed by atoms with Crippen LogP contribution in [-0.2, 0) is 10.0 Å². The summed E-state index contributed by atoms with van der Waals surface area (Å²) < 4.78 is 28.0. The Bertz CT molecular complexity index is 753. The maximum atomic E-state index is 12.4. The van der Waals surface area contributed by atoms with Gasteiger partial charge >= 0.3 is 0 Å². The summed E-state index contributed by atoms with van der Waals surface area (Å²) in [5.74, 6) is 0. The van der Waals surface area contributed by atoms with Crippen LogP contribution in [0.4, 0.5) is 11.4 Å². The summed E-state index contributed by atoms with van der Waals surface area (Å²) in [6.07, 6.45) is 1.43. The number of hydrogen-bond donors (Lipinski definition) is 2. The van der Waals surface area contributed by atoms with E-state index < -0.39 is 10.0 Å². The molecular weight excluding hydrogens is 378 g/mol. The Hall–Kier alpha value is -1.31. The molecular formula is C13H13BrClN3O2S. The van der Waals surface area contributed by atoms with Crippen molar-refractivity contribution in [2.24, 2.45) is 0 Å². The van der Waals surface area contributed by atoms with Crippen LogP contribution in [0.5, 0.6) is 0 Å². The van der Waals surface area contributed by atoms with Crippen molar-refractivity contribution in [3.63, 3.8) is 0 Å². The van der Waals surface area contributed by atoms with E-state index in [0.29, 0.717) is 27.4 Å². The van der Waals surface area contributed by atoms with Crippen molar-refractivity contribution in [3.05, 3.63) is 46.0 Å². The number of halogens is 2. The SMILES string of the molecule is CCNc1cccnc1S(=O)(=O)Nc1ccc(Br)c(Cl)c1. The quantitative estimate of drug-likeness (QED) is 0.816. The van der Waals surface area contributed by atoms with Gasteiger partial charge in [-0.2, -0.15) is 8.42 Å². The second-order valence-electron chi connectivity index (χ2n) is 4.12. The van der Waals surface area contributed by atoms with Crippen molar-refractivity contribution in [1.29, 1.82) is 0 Å². The number of pyridine rings is 1. The van der Waals surface area contributed by atoms with Gasteiger partial charge in [0.25, 0.3) is 10.0 Å². The van der Waals surface area contributed by atoms with Gasteiger partial charge in [-0.05, 0) is 53.2 Å². The lowest BCUT2D eigenvalue weighted by Gasteiger charge is -2.12. The number of nitrogens with zero attached hydrogens (tertiary/aromatic N) is 1. The average Bonchev–Trinajstić information content (AvgIpc) is 2.43. The first-order chi connectivity index (χ1) is 9.94. The van der Waals surface area contributed by atoms with E-state index in [1.807, 2.05) is 6.92 Å². The molecule has 1 aromatic carbocycles. The van der Waals surface area contributed by atoms with Crippen LogP contribution in [0.15, 0.2) is 46.0 Å². The van der Waals surface area contributed by atoms with Gasteiger partial charge in [0.1, 0.15) is 0 Å². The highest BCUT2D eigenvalue weighted by Gasteiger charge is 2.20. The Labute approximate surface area is 136 Å². The molecule has 2 rings (SSSR count). The van der Waals surface area contributed by atoms with Crippen molar-refractivity contribution in [2.75, 3.05) is 16.6 Å². The van der Waals surface area contributed by atoms with E-state index in [0.717, 1.165) is 0 Å². The lowest BCUT2D eigenvalue weighted by Crippen LogP contribution is -2.17. The Morgan fingerprint density at radius 3 is 2.76 bits per heavy atom. The Balaban J connectivity index is 2.36. The Morgan fingerprint density at radius 1 is 1.33 bits per heavy atom. The van der Waals surface area contributed by atoms with E-state index in [1.54, 1.807) is 24.3 Å². The predicted molar refractivity (Wildman–Crippen MR) is 88.4 cm³/mol. The molecule has 1 heterocycles. The van der Waals surface area contributed by atoms with Crippen LogP contribution < -0.4 is 10.0 Å². The van der Waals surface area contributed by atoms with E-state index in [4.69, 9.17) is 11.6 Å². The molecule has 21 heavy (non-hydrogen) atoms. The minimum atomic E-state index is -3.79. The molecule has 0 radical (unpaired) electrons. The van der Waals surface area contributed by atoms with Crippen molar-refractivity contribution in [2.45, 2.75) is 11.9 Å². The van der Waals surface area contributed by atoms with Crippen LogP contribution in [0.1, 0.15) is 6.92 Å². The van der Waals surface area contributed by atoms with Gasteiger partial charge in [-0.1, -0.05) is 11.6 Å². The molecule has 112 valence electrons. The van der Waals surface area contributed by atoms with Crippen LogP contribution in [0, 0.1) is 0 Å². The van der Waals surface area contributed by atoms with Crippen LogP contribution in [0.3, 0.4) is 0 Å². The molecule has 1 aromatic heterocycles. The molecule has 0 bridgehead atoms. The summed E-state index contributed by atoms with van der Waals surface area (Å²) in [6.45, 7) is 2.48. The molecule has 0 spiro atoms. The Kier molecular flexibility index (Phi) is 5.08. The first kappa shape index (κ1) is 16.1. The van der Waals surface area contributed by atoms with Crippen LogP contribution in [0.25, 0.3) is 0 Å². The van der Waals surface area contributed by atoms with E-state index in [-0.39, 0.29) is 5.03 Å². The second kappa shape index (κ2) is 6.64. The largest absolute Gasteiger partial charge is 0.383 e. The zero-order chi connectivity index (χ0) is 15.5. The third-order valence-corrected chi connectivity index (χ3v) is 5.14. The third-order valence-electron chi connectivity index (χ3n) is 2.56. The monoisotopic (exact) mass is 389 g/mol. The lowest BCUT2D eigenvalue weighted by atomic mass is 10.3. The van der Waals surface area contributed by atoms with Gasteiger partial charge in [0.2, 0.25) is 0 Å². The molecule has 0 saturated heterocycles. The van der Waals surface area contributed by atoms with E-state index in [9.17, 15) is 8.42 Å². The third kappa shape index (κ3) is 3.87. The summed E-state index contributed by atoms with van der Waals surface area (Å²) >= 11 is 9.21. The number of anilines is 2. The summed E-state index contributed by atoms with van der Waals surface area (Å²) in [5.41, 5.74) is 0.826. The second-order valence-corrected chi connectivity index (χ2v) is 6.98. The maximum Gasteiger partial charge on any atom is 0.281 e. The fraction of sp³-hybridized carbons (Fsp3) is 0.154. The molecule has 0 aliphatic rings. The molecule has 0 saturated carbocycles. The standard InChI is InChI=1S/C13H13BrClN3O2S/c1-2-16-12-4-3-7-17-13(12)21(19,20)18-9-5-6-10(14)11(15)8-9/h3-8,16,18H,2H2,1H3. The first-order valence-corrected chi connectivity index (χ1v) is 8.76. The number of benzene rings is 1. The van der Waals surface area contributed by atoms with Gasteiger partial charge < -0.3 is 5.32 Å². The molecule has 8 heteroatoms. The summed E-state index contributed by atoms with van der Waals surface area (Å²) in [5, 5.41) is 3.34. The normalized spacial score (nSPS) is 11.2. The zero-order valence-electron chi connectivity index (χ0n) is 11.1. The fourth-order valence-corrected chi connectivity index (χ4v) is 3.28. The molecule has 0 atom stereocenters. The zero-order valence-corrected chi connectivity index (χ0v) is 14.3. The fourth-order valence-electron chi connectivity index (χ4n) is 1.69. The number of rotatable bonds is 5. The van der Waals surface area contributed by atoms with Crippen molar-refractivity contribution in [1.82, 2.24) is 4.98 Å². The molecule has 0 amide bonds. The summed E-state index contributed by atoms with van der Waals surface area (Å²) in [6, 6.07) is 8.15. The lowest BCUT2D eigenvalue weighted by molar-refractivity contribution is 0.598. The van der Waals surface area contributed by atoms with Gasteiger partial charge in [-0.25, -0.2) is 4.98 Å². The van der Waals surface area contributed by atoms with Crippen molar-refractivity contribution >= 4 is 48.9 Å². The van der Waals surface area contributed by atoms with Gasteiger partial charge in [-0.15, -0.1) is 0 Å². The Morgan fingerprint density at radius 2 is 2.10 bits per heavy atom. The van der Waals surface area contributed by atoms with E-state index >= 15 is 0 Å². The summed E-state index contributed by atoms with van der Waals surface area (Å²) in [4.78, 5) is 3.95. The summed E-state index contributed by atoms with van der Waals surface area (Å²) in [7, 11) is -3.79. The maximum absolute atomic E-state index is 12.4. The minimum Gasteiger partial charge on any atom is -0.383 e. The number of sulfonamides is 1. The molecule has 0 fully saturated rings. The van der Waals surface area contributed by atoms with Crippen molar-refractivity contribution < 1.29 is 8.42 Å². The van der Waals surface area contributed by atoms with E-state index in [1.165, 1.54) is 12.3 Å². The molecule has 2 N–H and O–H groups in total. The highest BCUT2D eigenvalue weighted by atomic mass is 79.9. The van der Waals surface area contributed by atoms with Crippen molar-refractivity contribution in [3.8, 4) is 0 Å². The molecule has 0 aliphatic carbocycles. The number of hydrogen-bond acceptors (Lipinski definition) is 4. The molecule has 0 unspecified atom stereocenters. The van der Waals surface area contributed by atoms with Crippen LogP contribution >= 0.6 is 27.5 Å². The smallest absolute Gasteiger partial charge is 0.281 e. The van der Waals surface area contributed by atoms with Crippen LogP contribution in [0.2, 0.25) is 5.02 Å². The first-order valence-electron chi connectivity index (χ1n) is 6.11. The van der Waals surface area contributed by atoms with Gasteiger partial charge in [0, 0.05) is 17.2 Å². The van der Waals surface area contributed by atoms with Gasteiger partial charge in [-0.3, -0.25) is 4.72 Å². The number of nitrogens with one attached hydrogen (secondary N) is 2. The molecule has 2 aromatic rings. The molecule has 5 nitrogen and oxygen atoms in total. The predicted octanol–water partition coefficient (Wildman–Crippen LogP) is 3.73. The van der Waals surface area contributed by atoms with Gasteiger partial charge in [0.05, 0.1) is 16.4 Å². The minimum absolute atomic E-state index is 0.0501. The average molecular weight is 391 g/mol. The van der Waals surface area contributed by atoms with Gasteiger partial charge in [0.15, 0.2) is 5.03 Å². The van der Waals surface area contributed by atoms with E-state index in [2.05, 4.69) is 31.0 Å². The molecule has 0 aliphatic heterocycles.